The average molecular weight is 473 g/mol. The second-order valence-corrected chi connectivity index (χ2v) is 11.2. The number of benzene rings is 1. The number of aromatic nitrogens is 1. The lowest BCUT2D eigenvalue weighted by Gasteiger charge is -2.15. The van der Waals surface area contributed by atoms with Gasteiger partial charge >= 0.3 is 5.97 Å². The monoisotopic (exact) mass is 472 g/mol. The van der Waals surface area contributed by atoms with Gasteiger partial charge in [-0.3, -0.25) is 0 Å². The maximum absolute atomic E-state index is 12.4. The van der Waals surface area contributed by atoms with Crippen molar-refractivity contribution in [3.05, 3.63) is 45.0 Å². The molecule has 0 radical (unpaired) electrons. The highest BCUT2D eigenvalue weighted by atomic mass is 32.1. The van der Waals surface area contributed by atoms with Crippen LogP contribution in [-0.2, 0) is 16.6 Å². The fraction of sp³-hybridized carbons (Fsp3) is 0.440. The van der Waals surface area contributed by atoms with Gasteiger partial charge in [-0.15, -0.1) is 22.7 Å². The van der Waals surface area contributed by atoms with Gasteiger partial charge in [-0.2, -0.15) is 0 Å². The van der Waals surface area contributed by atoms with E-state index in [1.807, 2.05) is 31.2 Å². The minimum absolute atomic E-state index is 0.0655. The van der Waals surface area contributed by atoms with Gasteiger partial charge in [0.05, 0.1) is 25.1 Å². The van der Waals surface area contributed by atoms with Crippen LogP contribution >= 0.6 is 22.7 Å². The van der Waals surface area contributed by atoms with Crippen molar-refractivity contribution < 1.29 is 14.3 Å². The summed E-state index contributed by atoms with van der Waals surface area (Å²) >= 11 is 3.10. The van der Waals surface area contributed by atoms with Gasteiger partial charge in [0.15, 0.2) is 5.13 Å². The summed E-state index contributed by atoms with van der Waals surface area (Å²) in [5.74, 6) is 0.997. The number of ether oxygens (including phenoxy) is 2. The van der Waals surface area contributed by atoms with Gasteiger partial charge in [-0.1, -0.05) is 46.8 Å². The molecular formula is C25H32N2O3S2. The number of hydrogen-bond donors (Lipinski definition) is 1. The molecule has 0 fully saturated rings. The van der Waals surface area contributed by atoms with Gasteiger partial charge in [0.2, 0.25) is 0 Å². The standard InChI is InChI=1S/C25H32N2O3S2/c1-8-30-17-11-9-10-16(13-17)21-19(12-15(2)3)31-24(27-21)26-18-14-20(25(4,5)6)32-22(18)23(28)29-7/h9-11,13-15H,8,12H2,1-7H3,(H,26,27). The Morgan fingerprint density at radius 3 is 2.56 bits per heavy atom. The molecule has 172 valence electrons. The molecule has 0 bridgehead atoms. The van der Waals surface area contributed by atoms with E-state index >= 15 is 0 Å². The first kappa shape index (κ1) is 24.3. The molecule has 0 unspecified atom stereocenters. The summed E-state index contributed by atoms with van der Waals surface area (Å²) in [4.78, 5) is 20.2. The Hall–Kier alpha value is -2.38. The highest BCUT2D eigenvalue weighted by Gasteiger charge is 2.25. The molecule has 32 heavy (non-hydrogen) atoms. The number of rotatable bonds is 8. The number of esters is 1. The van der Waals surface area contributed by atoms with Crippen LogP contribution in [0.1, 0.15) is 61.0 Å². The van der Waals surface area contributed by atoms with E-state index in [1.165, 1.54) is 23.3 Å². The van der Waals surface area contributed by atoms with Crippen molar-refractivity contribution in [2.24, 2.45) is 5.92 Å². The number of methoxy groups -OCH3 is 1. The van der Waals surface area contributed by atoms with Crippen LogP contribution in [0.2, 0.25) is 0 Å². The minimum Gasteiger partial charge on any atom is -0.494 e. The third-order valence-electron chi connectivity index (χ3n) is 4.79. The maximum Gasteiger partial charge on any atom is 0.350 e. The predicted octanol–water partition coefficient (Wildman–Crippen LogP) is 7.30. The minimum atomic E-state index is -0.336. The Morgan fingerprint density at radius 2 is 1.94 bits per heavy atom. The molecule has 0 aliphatic carbocycles. The summed E-state index contributed by atoms with van der Waals surface area (Å²) in [7, 11) is 1.41. The Balaban J connectivity index is 2.02. The summed E-state index contributed by atoms with van der Waals surface area (Å²) in [6.45, 7) is 13.4. The first-order valence-corrected chi connectivity index (χ1v) is 12.5. The van der Waals surface area contributed by atoms with Gasteiger partial charge in [0.25, 0.3) is 0 Å². The van der Waals surface area contributed by atoms with E-state index in [2.05, 4.69) is 46.0 Å². The number of carbonyl (C=O) groups excluding carboxylic acids is 1. The molecule has 0 aliphatic rings. The lowest BCUT2D eigenvalue weighted by molar-refractivity contribution is 0.0607. The van der Waals surface area contributed by atoms with E-state index in [9.17, 15) is 4.79 Å². The van der Waals surface area contributed by atoms with E-state index in [0.29, 0.717) is 17.4 Å². The van der Waals surface area contributed by atoms with E-state index < -0.39 is 0 Å². The molecule has 0 spiro atoms. The van der Waals surface area contributed by atoms with Crippen molar-refractivity contribution in [3.63, 3.8) is 0 Å². The Morgan fingerprint density at radius 1 is 1.19 bits per heavy atom. The zero-order valence-electron chi connectivity index (χ0n) is 19.9. The van der Waals surface area contributed by atoms with Gasteiger partial charge in [-0.05, 0) is 42.9 Å². The Bertz CT molecular complexity index is 1080. The largest absolute Gasteiger partial charge is 0.494 e. The summed E-state index contributed by atoms with van der Waals surface area (Å²) < 4.78 is 10.7. The fourth-order valence-corrected chi connectivity index (χ4v) is 5.55. The first-order chi connectivity index (χ1) is 15.1. The number of nitrogens with zero attached hydrogens (tertiary/aromatic N) is 1. The van der Waals surface area contributed by atoms with Crippen molar-refractivity contribution >= 4 is 39.5 Å². The fourth-order valence-electron chi connectivity index (χ4n) is 3.25. The van der Waals surface area contributed by atoms with Crippen molar-refractivity contribution in [1.82, 2.24) is 4.98 Å². The molecule has 1 N–H and O–H groups in total. The molecule has 0 saturated heterocycles. The first-order valence-electron chi connectivity index (χ1n) is 10.8. The molecule has 1 aromatic carbocycles. The third-order valence-corrected chi connectivity index (χ3v) is 7.33. The van der Waals surface area contributed by atoms with E-state index in [4.69, 9.17) is 14.5 Å². The summed E-state index contributed by atoms with van der Waals surface area (Å²) in [5.41, 5.74) is 2.67. The normalized spacial score (nSPS) is 11.6. The molecule has 0 aliphatic heterocycles. The van der Waals surface area contributed by atoms with Gasteiger partial charge in [0.1, 0.15) is 10.6 Å². The molecule has 0 atom stereocenters. The van der Waals surface area contributed by atoms with Crippen molar-refractivity contribution in [3.8, 4) is 17.0 Å². The second kappa shape index (κ2) is 10.0. The van der Waals surface area contributed by atoms with E-state index in [0.717, 1.165) is 39.1 Å². The van der Waals surface area contributed by atoms with Crippen molar-refractivity contribution in [2.45, 2.75) is 53.4 Å². The van der Waals surface area contributed by atoms with Crippen LogP contribution in [0, 0.1) is 5.92 Å². The Kier molecular flexibility index (Phi) is 7.62. The van der Waals surface area contributed by atoms with Gasteiger partial charge < -0.3 is 14.8 Å². The molecular weight excluding hydrogens is 440 g/mol. The number of hydrogen-bond acceptors (Lipinski definition) is 7. The number of nitrogens with one attached hydrogen (secondary N) is 1. The smallest absolute Gasteiger partial charge is 0.350 e. The van der Waals surface area contributed by atoms with Crippen LogP contribution in [0.3, 0.4) is 0 Å². The SMILES string of the molecule is CCOc1cccc(-c2nc(Nc3cc(C(C)(C)C)sc3C(=O)OC)sc2CC(C)C)c1. The van der Waals surface area contributed by atoms with E-state index in [-0.39, 0.29) is 11.4 Å². The van der Waals surface area contributed by atoms with Crippen LogP contribution in [0.5, 0.6) is 5.75 Å². The molecule has 7 heteroatoms. The summed E-state index contributed by atoms with van der Waals surface area (Å²) in [5, 5.41) is 4.17. The molecule has 3 aromatic rings. The quantitative estimate of drug-likeness (QED) is 0.349. The maximum atomic E-state index is 12.4. The lowest BCUT2D eigenvalue weighted by Crippen LogP contribution is -2.08. The highest BCUT2D eigenvalue weighted by Crippen LogP contribution is 2.40. The molecule has 2 aromatic heterocycles. The van der Waals surface area contributed by atoms with E-state index in [1.54, 1.807) is 11.3 Å². The zero-order valence-corrected chi connectivity index (χ0v) is 21.5. The van der Waals surface area contributed by atoms with Crippen LogP contribution in [0.25, 0.3) is 11.3 Å². The van der Waals surface area contributed by atoms with Crippen LogP contribution < -0.4 is 10.1 Å². The van der Waals surface area contributed by atoms with Crippen molar-refractivity contribution in [2.75, 3.05) is 19.0 Å². The third kappa shape index (κ3) is 5.70. The Labute approximate surface area is 198 Å². The topological polar surface area (TPSA) is 60.5 Å². The van der Waals surface area contributed by atoms with Crippen molar-refractivity contribution in [1.29, 1.82) is 0 Å². The molecule has 2 heterocycles. The summed E-state index contributed by atoms with van der Waals surface area (Å²) in [6.07, 6.45) is 0.925. The molecule has 0 saturated carbocycles. The summed E-state index contributed by atoms with van der Waals surface area (Å²) in [6, 6.07) is 10.1. The number of anilines is 2. The lowest BCUT2D eigenvalue weighted by atomic mass is 9.94. The highest BCUT2D eigenvalue weighted by molar-refractivity contribution is 7.16. The molecule has 5 nitrogen and oxygen atoms in total. The van der Waals surface area contributed by atoms with Crippen LogP contribution in [0.15, 0.2) is 30.3 Å². The van der Waals surface area contributed by atoms with Crippen LogP contribution in [-0.4, -0.2) is 24.7 Å². The average Bonchev–Trinajstić information content (AvgIpc) is 3.32. The van der Waals surface area contributed by atoms with Gasteiger partial charge in [0, 0.05) is 15.3 Å². The molecule has 3 rings (SSSR count). The van der Waals surface area contributed by atoms with Gasteiger partial charge in [-0.25, -0.2) is 9.78 Å². The number of thiophene rings is 1. The second-order valence-electron chi connectivity index (χ2n) is 9.07. The zero-order chi connectivity index (χ0) is 23.5. The molecule has 0 amide bonds. The van der Waals surface area contributed by atoms with Crippen LogP contribution in [0.4, 0.5) is 10.8 Å². The predicted molar refractivity (Wildman–Crippen MR) is 135 cm³/mol. The number of thiazole rings is 1. The number of carbonyl (C=O) groups is 1.